The van der Waals surface area contributed by atoms with Crippen molar-refractivity contribution in [2.75, 3.05) is 26.7 Å². The van der Waals surface area contributed by atoms with Gasteiger partial charge < -0.3 is 10.1 Å². The first-order valence-electron chi connectivity index (χ1n) is 10.0. The molecule has 0 spiro atoms. The molecule has 3 nitrogen and oxygen atoms in total. The van der Waals surface area contributed by atoms with Crippen LogP contribution in [0.1, 0.15) is 54.3 Å². The van der Waals surface area contributed by atoms with Crippen LogP contribution < -0.4 is 10.1 Å². The number of methoxy groups -OCH3 is 1. The summed E-state index contributed by atoms with van der Waals surface area (Å²) >= 11 is 0. The Morgan fingerprint density at radius 1 is 1.00 bits per heavy atom. The number of nitrogens with zero attached hydrogens (tertiary/aromatic N) is 1. The molecule has 2 aliphatic rings. The summed E-state index contributed by atoms with van der Waals surface area (Å²) in [5.41, 5.74) is 4.49. The SMILES string of the molecule is COc1ccc(CN2CCNCC2c2ccccc2C2CCCC2)cc1. The van der Waals surface area contributed by atoms with Gasteiger partial charge in [0.25, 0.3) is 0 Å². The maximum atomic E-state index is 5.30. The molecule has 1 saturated carbocycles. The van der Waals surface area contributed by atoms with E-state index in [-0.39, 0.29) is 0 Å². The molecule has 0 aromatic heterocycles. The highest BCUT2D eigenvalue weighted by molar-refractivity contribution is 5.35. The summed E-state index contributed by atoms with van der Waals surface area (Å²) < 4.78 is 5.30. The first-order valence-corrected chi connectivity index (χ1v) is 10.0. The summed E-state index contributed by atoms with van der Waals surface area (Å²) in [7, 11) is 1.72. The van der Waals surface area contributed by atoms with Crippen molar-refractivity contribution in [1.82, 2.24) is 10.2 Å². The minimum absolute atomic E-state index is 0.461. The highest BCUT2D eigenvalue weighted by Crippen LogP contribution is 2.39. The van der Waals surface area contributed by atoms with Crippen LogP contribution in [0.15, 0.2) is 48.5 Å². The highest BCUT2D eigenvalue weighted by atomic mass is 16.5. The van der Waals surface area contributed by atoms with Gasteiger partial charge in [0.2, 0.25) is 0 Å². The zero-order valence-electron chi connectivity index (χ0n) is 15.8. The van der Waals surface area contributed by atoms with E-state index < -0.39 is 0 Å². The molecular formula is C23H30N2O. The molecule has 1 heterocycles. The van der Waals surface area contributed by atoms with Gasteiger partial charge in [0.15, 0.2) is 0 Å². The highest BCUT2D eigenvalue weighted by Gasteiger charge is 2.28. The molecule has 0 bridgehead atoms. The molecular weight excluding hydrogens is 320 g/mol. The first-order chi connectivity index (χ1) is 12.8. The van der Waals surface area contributed by atoms with E-state index in [0.29, 0.717) is 6.04 Å². The molecule has 2 aromatic carbocycles. The molecule has 0 amide bonds. The van der Waals surface area contributed by atoms with E-state index in [0.717, 1.165) is 37.8 Å². The maximum absolute atomic E-state index is 5.30. The molecule has 1 atom stereocenters. The van der Waals surface area contributed by atoms with Crippen molar-refractivity contribution in [3.05, 3.63) is 65.2 Å². The number of nitrogens with one attached hydrogen (secondary N) is 1. The number of hydrogen-bond donors (Lipinski definition) is 1. The fourth-order valence-corrected chi connectivity index (χ4v) is 4.63. The third-order valence-corrected chi connectivity index (χ3v) is 6.05. The van der Waals surface area contributed by atoms with Gasteiger partial charge in [0.05, 0.1) is 7.11 Å². The topological polar surface area (TPSA) is 24.5 Å². The quantitative estimate of drug-likeness (QED) is 0.859. The van der Waals surface area contributed by atoms with E-state index >= 15 is 0 Å². The van der Waals surface area contributed by atoms with Gasteiger partial charge in [0, 0.05) is 32.2 Å². The summed E-state index contributed by atoms with van der Waals surface area (Å²) in [6.07, 6.45) is 5.49. The first kappa shape index (κ1) is 17.6. The Hall–Kier alpha value is -1.84. The lowest BCUT2D eigenvalue weighted by molar-refractivity contribution is 0.152. The summed E-state index contributed by atoms with van der Waals surface area (Å²) in [5, 5.41) is 3.62. The fraction of sp³-hybridized carbons (Fsp3) is 0.478. The second-order valence-electron chi connectivity index (χ2n) is 7.65. The lowest BCUT2D eigenvalue weighted by Gasteiger charge is -2.38. The molecule has 138 valence electrons. The second-order valence-corrected chi connectivity index (χ2v) is 7.65. The van der Waals surface area contributed by atoms with Crippen molar-refractivity contribution in [2.45, 2.75) is 44.2 Å². The molecule has 1 aliphatic heterocycles. The van der Waals surface area contributed by atoms with Crippen molar-refractivity contribution in [1.29, 1.82) is 0 Å². The van der Waals surface area contributed by atoms with Crippen molar-refractivity contribution < 1.29 is 4.74 Å². The maximum Gasteiger partial charge on any atom is 0.118 e. The van der Waals surface area contributed by atoms with Crippen LogP contribution in [-0.4, -0.2) is 31.6 Å². The normalized spacial score (nSPS) is 21.8. The number of rotatable bonds is 5. The molecule has 26 heavy (non-hydrogen) atoms. The Balaban J connectivity index is 1.57. The Morgan fingerprint density at radius 3 is 2.46 bits per heavy atom. The number of benzene rings is 2. The Kier molecular flexibility index (Phi) is 5.57. The summed E-state index contributed by atoms with van der Waals surface area (Å²) in [5.74, 6) is 1.69. The predicted molar refractivity (Wildman–Crippen MR) is 107 cm³/mol. The van der Waals surface area contributed by atoms with Crippen LogP contribution in [-0.2, 0) is 6.54 Å². The van der Waals surface area contributed by atoms with E-state index in [1.54, 1.807) is 18.2 Å². The van der Waals surface area contributed by atoms with E-state index in [2.05, 4.69) is 58.7 Å². The molecule has 3 heteroatoms. The van der Waals surface area contributed by atoms with Gasteiger partial charge in [-0.25, -0.2) is 0 Å². The molecule has 4 rings (SSSR count). The third kappa shape index (κ3) is 3.79. The molecule has 0 radical (unpaired) electrons. The van der Waals surface area contributed by atoms with Gasteiger partial charge in [-0.05, 0) is 47.6 Å². The van der Waals surface area contributed by atoms with Gasteiger partial charge in [0.1, 0.15) is 5.75 Å². The van der Waals surface area contributed by atoms with Crippen LogP contribution >= 0.6 is 0 Å². The van der Waals surface area contributed by atoms with Crippen molar-refractivity contribution in [3.8, 4) is 5.75 Å². The summed E-state index contributed by atoms with van der Waals surface area (Å²) in [6.45, 7) is 4.20. The minimum atomic E-state index is 0.461. The van der Waals surface area contributed by atoms with E-state index in [1.165, 1.54) is 31.2 Å². The minimum Gasteiger partial charge on any atom is -0.497 e. The van der Waals surface area contributed by atoms with Crippen molar-refractivity contribution in [2.24, 2.45) is 0 Å². The van der Waals surface area contributed by atoms with Crippen LogP contribution in [0.2, 0.25) is 0 Å². The number of ether oxygens (including phenoxy) is 1. The van der Waals surface area contributed by atoms with E-state index in [1.807, 2.05) is 0 Å². The monoisotopic (exact) mass is 350 g/mol. The fourth-order valence-electron chi connectivity index (χ4n) is 4.63. The third-order valence-electron chi connectivity index (χ3n) is 6.05. The zero-order valence-corrected chi connectivity index (χ0v) is 15.8. The average Bonchev–Trinajstić information content (AvgIpc) is 3.24. The lowest BCUT2D eigenvalue weighted by atomic mass is 9.88. The molecule has 1 unspecified atom stereocenters. The summed E-state index contributed by atoms with van der Waals surface area (Å²) in [4.78, 5) is 2.64. The smallest absolute Gasteiger partial charge is 0.118 e. The second kappa shape index (κ2) is 8.24. The Bertz CT molecular complexity index is 706. The molecule has 1 aliphatic carbocycles. The van der Waals surface area contributed by atoms with Gasteiger partial charge in [-0.2, -0.15) is 0 Å². The number of hydrogen-bond acceptors (Lipinski definition) is 3. The molecule has 2 aromatic rings. The van der Waals surface area contributed by atoms with Crippen LogP contribution in [0, 0.1) is 0 Å². The zero-order chi connectivity index (χ0) is 17.8. The van der Waals surface area contributed by atoms with Crippen molar-refractivity contribution >= 4 is 0 Å². The molecule has 1 N–H and O–H groups in total. The molecule has 1 saturated heterocycles. The van der Waals surface area contributed by atoms with Crippen LogP contribution in [0.3, 0.4) is 0 Å². The van der Waals surface area contributed by atoms with Gasteiger partial charge in [-0.3, -0.25) is 4.90 Å². The lowest BCUT2D eigenvalue weighted by Crippen LogP contribution is -2.45. The number of piperazine rings is 1. The van der Waals surface area contributed by atoms with Crippen LogP contribution in [0.25, 0.3) is 0 Å². The van der Waals surface area contributed by atoms with Gasteiger partial charge in [-0.15, -0.1) is 0 Å². The van der Waals surface area contributed by atoms with Crippen LogP contribution in [0.4, 0.5) is 0 Å². The van der Waals surface area contributed by atoms with Gasteiger partial charge in [-0.1, -0.05) is 49.2 Å². The van der Waals surface area contributed by atoms with Gasteiger partial charge >= 0.3 is 0 Å². The Morgan fingerprint density at radius 2 is 1.73 bits per heavy atom. The summed E-state index contributed by atoms with van der Waals surface area (Å²) in [6, 6.07) is 18.2. The predicted octanol–water partition coefficient (Wildman–Crippen LogP) is 4.50. The van der Waals surface area contributed by atoms with Crippen molar-refractivity contribution in [3.63, 3.8) is 0 Å². The van der Waals surface area contributed by atoms with Crippen LogP contribution in [0.5, 0.6) is 5.75 Å². The largest absolute Gasteiger partial charge is 0.497 e. The standard InChI is InChI=1S/C23H30N2O/c1-26-20-12-10-18(11-13-20)17-25-15-14-24-16-23(25)22-9-5-4-8-21(22)19-6-2-3-7-19/h4-5,8-13,19,23-24H,2-3,6-7,14-17H2,1H3. The average molecular weight is 351 g/mol. The van der Waals surface area contributed by atoms with E-state index in [9.17, 15) is 0 Å². The Labute approximate surface area is 157 Å². The van der Waals surface area contributed by atoms with E-state index in [4.69, 9.17) is 4.74 Å². The molecule has 2 fully saturated rings.